The van der Waals surface area contributed by atoms with Crippen molar-refractivity contribution in [2.24, 2.45) is 0 Å². The molecule has 1 heterocycles. The van der Waals surface area contributed by atoms with Crippen LogP contribution in [-0.2, 0) is 27.7 Å². The smallest absolute Gasteiger partial charge is 0.449 e. The Morgan fingerprint density at radius 2 is 1.89 bits per heavy atom. The minimum Gasteiger partial charge on any atom is -0.449 e. The fraction of sp³-hybridized carbons (Fsp3) is 0.269. The largest absolute Gasteiger partial charge is 0.512 e. The summed E-state index contributed by atoms with van der Waals surface area (Å²) in [6.07, 6.45) is 3.12. The van der Waals surface area contributed by atoms with Crippen LogP contribution >= 0.6 is 11.8 Å². The van der Waals surface area contributed by atoms with Gasteiger partial charge in [0.15, 0.2) is 5.03 Å². The van der Waals surface area contributed by atoms with E-state index in [1.807, 2.05) is 16.9 Å². The summed E-state index contributed by atoms with van der Waals surface area (Å²) in [4.78, 5) is 27.7. The first-order valence-electron chi connectivity index (χ1n) is 11.7. The second-order valence-corrected chi connectivity index (χ2v) is 10.5. The molecule has 0 atom stereocenters. The third-order valence-electron chi connectivity index (χ3n) is 5.43. The van der Waals surface area contributed by atoms with Crippen LogP contribution in [0.25, 0.3) is 11.1 Å². The number of amides is 1. The number of aryl methyl sites for hydroxylation is 1. The van der Waals surface area contributed by atoms with E-state index in [9.17, 15) is 23.1 Å². The van der Waals surface area contributed by atoms with E-state index in [2.05, 4.69) is 18.5 Å². The second-order valence-electron chi connectivity index (χ2n) is 8.09. The van der Waals surface area contributed by atoms with Crippen molar-refractivity contribution >= 4 is 34.0 Å². The van der Waals surface area contributed by atoms with E-state index in [1.54, 1.807) is 41.2 Å². The Morgan fingerprint density at radius 1 is 1.18 bits per heavy atom. The molecule has 10 nitrogen and oxygen atoms in total. The molecule has 0 saturated heterocycles. The van der Waals surface area contributed by atoms with Crippen LogP contribution in [0.1, 0.15) is 31.2 Å². The van der Waals surface area contributed by atoms with Crippen LogP contribution < -0.4 is 9.46 Å². The van der Waals surface area contributed by atoms with Gasteiger partial charge in [-0.05, 0) is 29.9 Å². The summed E-state index contributed by atoms with van der Waals surface area (Å²) >= 11 is 1.31. The number of carbonyl (C=O) groups is 2. The molecule has 1 aromatic heterocycles. The molecule has 0 saturated carbocycles. The number of unbranched alkanes of at least 4 members (excludes halogenated alkanes) is 1. The maximum absolute atomic E-state index is 12.9. The highest BCUT2D eigenvalue weighted by Crippen LogP contribution is 2.32. The number of benzene rings is 2. The Bertz CT molecular complexity index is 1400. The van der Waals surface area contributed by atoms with Gasteiger partial charge in [-0.15, -0.1) is 11.8 Å². The average Bonchev–Trinajstić information content (AvgIpc) is 3.21. The van der Waals surface area contributed by atoms with Crippen LogP contribution in [0, 0.1) is 0 Å². The molecule has 0 spiro atoms. The minimum atomic E-state index is -4.20. The van der Waals surface area contributed by atoms with Gasteiger partial charge in [0.05, 0.1) is 11.4 Å². The monoisotopic (exact) mass is 559 g/mol. The lowest BCUT2D eigenvalue weighted by molar-refractivity contribution is 0.139. The third kappa shape index (κ3) is 7.17. The first-order valence-corrected chi connectivity index (χ1v) is 14.4. The molecule has 2 N–H and O–H groups in total. The van der Waals surface area contributed by atoms with E-state index in [1.165, 1.54) is 23.9 Å². The van der Waals surface area contributed by atoms with Crippen molar-refractivity contribution in [2.45, 2.75) is 42.7 Å². The number of ether oxygens (including phenoxy) is 2. The fourth-order valence-electron chi connectivity index (χ4n) is 3.70. The number of hydrogen-bond acceptors (Lipinski definition) is 8. The van der Waals surface area contributed by atoms with Gasteiger partial charge < -0.3 is 14.6 Å². The van der Waals surface area contributed by atoms with Crippen LogP contribution in [0.5, 0.6) is 5.88 Å². The molecule has 0 aliphatic rings. The number of imidazole rings is 1. The fourth-order valence-corrected chi connectivity index (χ4v) is 5.35. The van der Waals surface area contributed by atoms with Gasteiger partial charge in [0.2, 0.25) is 5.88 Å². The highest BCUT2D eigenvalue weighted by Gasteiger charge is 2.23. The Labute approximate surface area is 225 Å². The van der Waals surface area contributed by atoms with Crippen LogP contribution in [0.4, 0.5) is 9.59 Å². The molecular formula is C26H29N3O7S2. The molecule has 0 aliphatic carbocycles. The molecule has 0 aliphatic heterocycles. The lowest BCUT2D eigenvalue weighted by Gasteiger charge is -2.13. The number of carboxylic acid groups (broad SMARTS) is 1. The summed E-state index contributed by atoms with van der Waals surface area (Å²) in [5.41, 5.74) is 1.84. The van der Waals surface area contributed by atoms with Crippen LogP contribution in [0.2, 0.25) is 0 Å². The third-order valence-corrected chi connectivity index (χ3v) is 7.46. The second kappa shape index (κ2) is 13.2. The van der Waals surface area contributed by atoms with E-state index in [4.69, 9.17) is 9.47 Å². The zero-order valence-electron chi connectivity index (χ0n) is 21.0. The predicted molar refractivity (Wildman–Crippen MR) is 144 cm³/mol. The van der Waals surface area contributed by atoms with Crippen molar-refractivity contribution in [3.05, 3.63) is 72.6 Å². The molecule has 3 rings (SSSR count). The maximum Gasteiger partial charge on any atom is 0.512 e. The van der Waals surface area contributed by atoms with Gasteiger partial charge in [-0.25, -0.2) is 27.7 Å². The van der Waals surface area contributed by atoms with Crippen molar-refractivity contribution < 1.29 is 32.6 Å². The molecule has 3 aromatic rings. The minimum absolute atomic E-state index is 0.0819. The standard InChI is InChI=1S/C26H29N3O7S2/c1-4-6-11-22-27-23(37-3)24(36-26(31)32)29(22)17-18-12-14-19(15-13-18)20-9-7-8-10-21(20)38(33,34)28-25(30)35-16-5-2/h5,7-10,12-15H,2,4,6,11,16-17H2,1,3H3,(H,28,30)(H,31,32). The highest BCUT2D eigenvalue weighted by molar-refractivity contribution is 7.98. The number of sulfonamides is 1. The Kier molecular flexibility index (Phi) is 9.97. The molecule has 1 amide bonds. The molecule has 12 heteroatoms. The molecule has 2 aromatic carbocycles. The van der Waals surface area contributed by atoms with E-state index in [-0.39, 0.29) is 17.4 Å². The van der Waals surface area contributed by atoms with E-state index in [0.717, 1.165) is 24.2 Å². The SMILES string of the molecule is C=CCOC(=O)NS(=O)(=O)c1ccccc1-c1ccc(Cn2c(CCCC)nc(SC)c2OC(=O)O)cc1. The Morgan fingerprint density at radius 3 is 2.53 bits per heavy atom. The van der Waals surface area contributed by atoms with Crippen molar-refractivity contribution in [3.63, 3.8) is 0 Å². The van der Waals surface area contributed by atoms with Gasteiger partial charge in [-0.3, -0.25) is 4.57 Å². The van der Waals surface area contributed by atoms with E-state index in [0.29, 0.717) is 29.1 Å². The van der Waals surface area contributed by atoms with Gasteiger partial charge in [0.25, 0.3) is 10.0 Å². The molecule has 0 bridgehead atoms. The molecule has 202 valence electrons. The van der Waals surface area contributed by atoms with Crippen LogP contribution in [0.3, 0.4) is 0 Å². The maximum atomic E-state index is 12.9. The number of nitrogens with one attached hydrogen (secondary N) is 1. The predicted octanol–water partition coefficient (Wildman–Crippen LogP) is 5.32. The number of aromatic nitrogens is 2. The number of rotatable bonds is 12. The number of nitrogens with zero attached hydrogens (tertiary/aromatic N) is 2. The quantitative estimate of drug-likeness (QED) is 0.172. The molecule has 0 fully saturated rings. The molecule has 38 heavy (non-hydrogen) atoms. The summed E-state index contributed by atoms with van der Waals surface area (Å²) in [6, 6.07) is 13.5. The lowest BCUT2D eigenvalue weighted by atomic mass is 10.0. The summed E-state index contributed by atoms with van der Waals surface area (Å²) < 4.78 is 39.2. The van der Waals surface area contributed by atoms with E-state index < -0.39 is 22.3 Å². The summed E-state index contributed by atoms with van der Waals surface area (Å²) in [5.74, 6) is 0.897. The average molecular weight is 560 g/mol. The van der Waals surface area contributed by atoms with Gasteiger partial charge in [-0.1, -0.05) is 68.5 Å². The lowest BCUT2D eigenvalue weighted by Crippen LogP contribution is -2.31. The topological polar surface area (TPSA) is 137 Å². The highest BCUT2D eigenvalue weighted by atomic mass is 32.2. The summed E-state index contributed by atoms with van der Waals surface area (Å²) in [7, 11) is -4.20. The van der Waals surface area contributed by atoms with Gasteiger partial charge in [0, 0.05) is 12.0 Å². The van der Waals surface area contributed by atoms with Crippen LogP contribution in [-0.4, -0.2) is 48.2 Å². The molecular weight excluding hydrogens is 530 g/mol. The normalized spacial score (nSPS) is 11.1. The zero-order valence-corrected chi connectivity index (χ0v) is 22.7. The van der Waals surface area contributed by atoms with Crippen molar-refractivity contribution in [2.75, 3.05) is 12.9 Å². The molecule has 0 radical (unpaired) electrons. The summed E-state index contributed by atoms with van der Waals surface area (Å²) in [6.45, 7) is 5.67. The summed E-state index contributed by atoms with van der Waals surface area (Å²) in [5, 5.41) is 9.75. The first-order chi connectivity index (χ1) is 18.2. The Balaban J connectivity index is 1.92. The Hall–Kier alpha value is -3.77. The van der Waals surface area contributed by atoms with Gasteiger partial charge in [0.1, 0.15) is 12.4 Å². The zero-order chi connectivity index (χ0) is 27.7. The van der Waals surface area contributed by atoms with Gasteiger partial charge in [-0.2, -0.15) is 0 Å². The number of hydrogen-bond donors (Lipinski definition) is 2. The van der Waals surface area contributed by atoms with Crippen LogP contribution in [0.15, 0.2) is 71.1 Å². The van der Waals surface area contributed by atoms with Crippen molar-refractivity contribution in [3.8, 4) is 17.0 Å². The number of carbonyl (C=O) groups excluding carboxylic acids is 1. The first kappa shape index (κ1) is 28.8. The van der Waals surface area contributed by atoms with Gasteiger partial charge >= 0.3 is 12.2 Å². The van der Waals surface area contributed by atoms with E-state index >= 15 is 0 Å². The molecule has 0 unspecified atom stereocenters. The van der Waals surface area contributed by atoms with Crippen molar-refractivity contribution in [1.82, 2.24) is 14.3 Å². The van der Waals surface area contributed by atoms with Crippen molar-refractivity contribution in [1.29, 1.82) is 0 Å². The number of thioether (sulfide) groups is 1.